The molecule has 10 unspecified atom stereocenters. The number of urea groups is 1. The number of likely N-dealkylation sites (N-methyl/N-ethyl adjacent to an activating group) is 7. The van der Waals surface area contributed by atoms with Crippen LogP contribution in [0.1, 0.15) is 115 Å². The molecule has 0 aromatic carbocycles. The van der Waals surface area contributed by atoms with Crippen LogP contribution in [0.5, 0.6) is 0 Å². The van der Waals surface area contributed by atoms with Gasteiger partial charge in [-0.2, -0.15) is 0 Å². The molecule has 76 heavy (non-hydrogen) atoms. The third-order valence-electron chi connectivity index (χ3n) is 15.5. The van der Waals surface area contributed by atoms with Crippen LogP contribution in [-0.4, -0.2) is 228 Å². The highest BCUT2D eigenvalue weighted by molar-refractivity contribution is 5.99. The predicted octanol–water partition coefficient (Wildman–Crippen LogP) is 1.67. The largest absolute Gasteiger partial charge is 0.343 e. The van der Waals surface area contributed by atoms with Gasteiger partial charge >= 0.3 is 11.9 Å². The minimum absolute atomic E-state index is 0.0945. The summed E-state index contributed by atoms with van der Waals surface area (Å²) in [5.41, 5.74) is 0. The van der Waals surface area contributed by atoms with Crippen LogP contribution in [0.3, 0.4) is 0 Å². The van der Waals surface area contributed by atoms with Gasteiger partial charge in [0.15, 0.2) is 6.54 Å². The second-order valence-electron chi connectivity index (χ2n) is 23.2. The van der Waals surface area contributed by atoms with Gasteiger partial charge in [0.1, 0.15) is 48.3 Å². The summed E-state index contributed by atoms with van der Waals surface area (Å²) in [6.45, 7) is 18.4. The summed E-state index contributed by atoms with van der Waals surface area (Å²) in [4.78, 5) is 165. The Hall–Kier alpha value is -5.93. The highest BCUT2D eigenvalue weighted by Gasteiger charge is 2.63. The van der Waals surface area contributed by atoms with E-state index in [0.717, 1.165) is 14.7 Å². The van der Waals surface area contributed by atoms with Crippen molar-refractivity contribution in [1.29, 1.82) is 0 Å². The molecule has 22 nitrogen and oxygen atoms in total. The van der Waals surface area contributed by atoms with Crippen LogP contribution < -0.4 is 16.0 Å². The van der Waals surface area contributed by atoms with Crippen LogP contribution in [0.25, 0.3) is 0 Å². The number of nitrogens with zero attached hydrogens (tertiary/aromatic N) is 8. The molecule has 0 aromatic rings. The van der Waals surface area contributed by atoms with E-state index in [1.54, 1.807) is 13.8 Å². The quantitative estimate of drug-likeness (QED) is 0.222. The molecule has 0 radical (unpaired) electrons. The Morgan fingerprint density at radius 1 is 0.579 bits per heavy atom. The fraction of sp³-hybridized carbons (Fsp3) is 0.759. The lowest BCUT2D eigenvalue weighted by molar-refractivity contribution is -0.923. The molecule has 3 fully saturated rings. The molecule has 1 spiro atoms. The maximum Gasteiger partial charge on any atom is 0.337 e. The molecule has 0 aromatic heterocycles. The standard InChI is InChI=1S/C54H91N11O11/c1-19-20-21-37-27-41-53(75)65(23-22-42(37)65)30-45(68)64(18)54(76)63(17)38(24-31(2)3)48(70)57-46(34(8)9)52(74)58(12)28-43(66)55-35(10)47(69)56-36(11)49(71)61(15)40(26-33(6)7)51(73)62(16)39(25-32(4)5)50(72)59(13)29-44(67)60(41)14/h19-20,31-42,46H,21-30H2,1-18H3,(H2-,55,56,57,66,69,70)/p+1. The van der Waals surface area contributed by atoms with E-state index in [0.29, 0.717) is 19.3 Å². The van der Waals surface area contributed by atoms with Gasteiger partial charge in [0.05, 0.1) is 26.1 Å². The normalized spacial score (nSPS) is 29.8. The smallest absolute Gasteiger partial charge is 0.337 e. The number of nitrogens with one attached hydrogen (secondary N) is 3. The molecule has 22 heteroatoms. The fourth-order valence-corrected chi connectivity index (χ4v) is 10.7. The third-order valence-corrected chi connectivity index (χ3v) is 15.5. The van der Waals surface area contributed by atoms with Crippen molar-refractivity contribution in [1.82, 2.24) is 50.2 Å². The fourth-order valence-electron chi connectivity index (χ4n) is 10.7. The van der Waals surface area contributed by atoms with Crippen LogP contribution in [0.2, 0.25) is 0 Å². The zero-order valence-electron chi connectivity index (χ0n) is 48.8. The Labute approximate surface area is 451 Å². The minimum atomic E-state index is -1.18. The first-order valence-electron chi connectivity index (χ1n) is 27.0. The monoisotopic (exact) mass is 1070 g/mol. The molecule has 3 heterocycles. The van der Waals surface area contributed by atoms with Gasteiger partial charge in [0.2, 0.25) is 47.3 Å². The van der Waals surface area contributed by atoms with Crippen molar-refractivity contribution in [3.05, 3.63) is 12.2 Å². The van der Waals surface area contributed by atoms with Crippen molar-refractivity contribution < 1.29 is 57.2 Å². The molecule has 3 rings (SSSR count). The number of carbonyl (C=O) groups excluding carboxylic acids is 11. The molecule has 3 aliphatic rings. The number of fused-ring (bicyclic) bond motifs is 1. The van der Waals surface area contributed by atoms with Crippen molar-refractivity contribution in [3.8, 4) is 0 Å². The summed E-state index contributed by atoms with van der Waals surface area (Å²) in [7, 11) is 9.94. The molecular formula is C54H92N11O11+. The zero-order chi connectivity index (χ0) is 58.0. The molecule has 3 saturated heterocycles. The first-order valence-corrected chi connectivity index (χ1v) is 27.0. The molecule has 3 N–H and O–H groups in total. The lowest BCUT2D eigenvalue weighted by Crippen LogP contribution is -2.78. The molecule has 10 atom stereocenters. The highest BCUT2D eigenvalue weighted by atomic mass is 16.2. The summed E-state index contributed by atoms with van der Waals surface area (Å²) in [5.74, 6) is -6.96. The van der Waals surface area contributed by atoms with Crippen LogP contribution >= 0.6 is 0 Å². The molecule has 0 aliphatic carbocycles. The summed E-state index contributed by atoms with van der Waals surface area (Å²) in [6, 6.07) is -8.89. The van der Waals surface area contributed by atoms with E-state index in [2.05, 4.69) is 16.0 Å². The molecular weight excluding hydrogens is 979 g/mol. The first-order chi connectivity index (χ1) is 35.2. The maximum atomic E-state index is 15.0. The van der Waals surface area contributed by atoms with E-state index < -0.39 is 120 Å². The Kier molecular flexibility index (Phi) is 23.2. The van der Waals surface area contributed by atoms with Gasteiger partial charge in [-0.25, -0.2) is 14.1 Å². The number of imide groups is 1. The van der Waals surface area contributed by atoms with Crippen molar-refractivity contribution in [3.63, 3.8) is 0 Å². The molecule has 12 amide bonds. The topological polar surface area (TPSA) is 247 Å². The van der Waals surface area contributed by atoms with E-state index in [9.17, 15) is 52.7 Å². The Morgan fingerprint density at radius 2 is 1.11 bits per heavy atom. The summed E-state index contributed by atoms with van der Waals surface area (Å²) in [5, 5.41) is 7.95. The number of quaternary nitrogens is 1. The number of carbonyl (C=O) groups is 11. The SMILES string of the molecule is CC=CCC1CC2C(=O)[N+]3(CCC13)CC(=O)N(C)C(=O)N(C)C(CC(C)C)C(=O)NC(C(C)C)C(=O)N(C)CC(=O)NC(C)C(=O)NC(C)C(=O)N(C)C(CC(C)C)C(=O)N(C)C(CC(C)C)C(=O)N(C)CC(=O)N2C. The van der Waals surface area contributed by atoms with Crippen molar-refractivity contribution in [2.75, 3.05) is 75.5 Å². The van der Waals surface area contributed by atoms with Crippen LogP contribution in [0.15, 0.2) is 12.2 Å². The van der Waals surface area contributed by atoms with Gasteiger partial charge < -0.3 is 45.3 Å². The van der Waals surface area contributed by atoms with Gasteiger partial charge in [-0.3, -0.25) is 48.1 Å². The van der Waals surface area contributed by atoms with Gasteiger partial charge in [-0.05, 0) is 76.5 Å². The van der Waals surface area contributed by atoms with E-state index in [1.165, 1.54) is 82.8 Å². The van der Waals surface area contributed by atoms with Gasteiger partial charge in [0.25, 0.3) is 5.91 Å². The van der Waals surface area contributed by atoms with Crippen LogP contribution in [-0.2, 0) is 47.9 Å². The Bertz CT molecular complexity index is 2200. The van der Waals surface area contributed by atoms with Crippen LogP contribution in [0, 0.1) is 29.6 Å². The van der Waals surface area contributed by atoms with E-state index in [4.69, 9.17) is 0 Å². The van der Waals surface area contributed by atoms with E-state index >= 15 is 0 Å². The van der Waals surface area contributed by atoms with Gasteiger partial charge in [-0.15, -0.1) is 0 Å². The first kappa shape index (κ1) is 64.4. The van der Waals surface area contributed by atoms with E-state index in [-0.39, 0.29) is 72.5 Å². The average Bonchev–Trinajstić information content (AvgIpc) is 3.33. The van der Waals surface area contributed by atoms with Crippen molar-refractivity contribution >= 4 is 65.1 Å². The van der Waals surface area contributed by atoms with Crippen molar-refractivity contribution in [2.45, 2.75) is 163 Å². The number of amides is 12. The van der Waals surface area contributed by atoms with Crippen LogP contribution in [0.4, 0.5) is 4.79 Å². The summed E-state index contributed by atoms with van der Waals surface area (Å²) in [6.07, 6.45) is 5.94. The number of allylic oxidation sites excluding steroid dienone is 2. The average molecular weight is 1070 g/mol. The predicted molar refractivity (Wildman–Crippen MR) is 286 cm³/mol. The second-order valence-corrected chi connectivity index (χ2v) is 23.2. The van der Waals surface area contributed by atoms with E-state index in [1.807, 2.05) is 60.6 Å². The maximum absolute atomic E-state index is 15.0. The molecule has 0 saturated carbocycles. The van der Waals surface area contributed by atoms with Gasteiger partial charge in [0, 0.05) is 55.3 Å². The number of hydrogen-bond donors (Lipinski definition) is 3. The number of rotatable bonds is 9. The zero-order valence-corrected chi connectivity index (χ0v) is 48.8. The third kappa shape index (κ3) is 15.4. The second kappa shape index (κ2) is 27.4. The number of piperidine rings is 1. The highest BCUT2D eigenvalue weighted by Crippen LogP contribution is 2.44. The number of hydrogen-bond acceptors (Lipinski definition) is 11. The molecule has 428 valence electrons. The molecule has 2 bridgehead atoms. The summed E-state index contributed by atoms with van der Waals surface area (Å²) < 4.78 is -0.291. The van der Waals surface area contributed by atoms with Crippen molar-refractivity contribution in [2.24, 2.45) is 29.6 Å². The Balaban J connectivity index is 2.16. The lowest BCUT2D eigenvalue weighted by Gasteiger charge is -2.57. The minimum Gasteiger partial charge on any atom is -0.343 e. The van der Waals surface area contributed by atoms with Gasteiger partial charge in [-0.1, -0.05) is 67.5 Å². The molecule has 3 aliphatic heterocycles. The Morgan fingerprint density at radius 3 is 1.62 bits per heavy atom. The summed E-state index contributed by atoms with van der Waals surface area (Å²) >= 11 is 0. The lowest BCUT2D eigenvalue weighted by atomic mass is 9.74.